The molecule has 1 N–H and O–H groups in total. The summed E-state index contributed by atoms with van der Waals surface area (Å²) in [4.78, 5) is 39.1. The van der Waals surface area contributed by atoms with Crippen LogP contribution in [0.3, 0.4) is 0 Å². The zero-order valence-electron chi connectivity index (χ0n) is 14.6. The van der Waals surface area contributed by atoms with Crippen LogP contribution in [0.4, 0.5) is 10.5 Å². The summed E-state index contributed by atoms with van der Waals surface area (Å²) in [6.45, 7) is 2.15. The topological polar surface area (TPSA) is 69.5 Å². The average Bonchev–Trinajstić information content (AvgIpc) is 3.12. The van der Waals surface area contributed by atoms with Gasteiger partial charge in [0.05, 0.1) is 16.6 Å². The molecule has 0 saturated carbocycles. The van der Waals surface area contributed by atoms with Gasteiger partial charge in [-0.2, -0.15) is 14.3 Å². The third-order valence-electron chi connectivity index (χ3n) is 4.23. The van der Waals surface area contributed by atoms with Crippen LogP contribution in [-0.4, -0.2) is 51.4 Å². The van der Waals surface area contributed by atoms with Crippen molar-refractivity contribution in [3.05, 3.63) is 39.7 Å². The zero-order valence-corrected chi connectivity index (χ0v) is 16.9. The van der Waals surface area contributed by atoms with Gasteiger partial charge in [-0.3, -0.25) is 4.79 Å². The van der Waals surface area contributed by atoms with Crippen molar-refractivity contribution < 1.29 is 19.0 Å². The van der Waals surface area contributed by atoms with Crippen LogP contribution in [0.2, 0.25) is 10.0 Å². The second-order valence-corrected chi connectivity index (χ2v) is 7.96. The van der Waals surface area contributed by atoms with Crippen molar-refractivity contribution >= 4 is 64.2 Å². The Balaban J connectivity index is 1.80. The number of amides is 4. The predicted molar refractivity (Wildman–Crippen MR) is 108 cm³/mol. The summed E-state index contributed by atoms with van der Waals surface area (Å²) in [6.07, 6.45) is 3.30. The van der Waals surface area contributed by atoms with Crippen LogP contribution in [0.15, 0.2) is 29.7 Å². The van der Waals surface area contributed by atoms with E-state index in [1.807, 2.05) is 6.92 Å². The van der Waals surface area contributed by atoms with E-state index in [1.165, 1.54) is 27.3 Å². The predicted octanol–water partition coefficient (Wildman–Crippen LogP) is 3.78. The lowest BCUT2D eigenvalue weighted by molar-refractivity contribution is -0.425. The van der Waals surface area contributed by atoms with Crippen molar-refractivity contribution in [2.24, 2.45) is 0 Å². The Morgan fingerprint density at radius 1 is 1.30 bits per heavy atom. The van der Waals surface area contributed by atoms with Crippen LogP contribution in [0.1, 0.15) is 19.8 Å². The van der Waals surface area contributed by atoms with Crippen LogP contribution in [-0.2, 0) is 9.59 Å². The Kier molecular flexibility index (Phi) is 6.24. The van der Waals surface area contributed by atoms with E-state index in [9.17, 15) is 14.4 Å². The molecule has 0 fully saturated rings. The number of imide groups is 1. The van der Waals surface area contributed by atoms with Crippen LogP contribution in [0, 0.1) is 0 Å². The number of allylic oxidation sites excluding steroid dienone is 1. The molecule has 1 atom stereocenters. The molecule has 3 rings (SSSR count). The molecular weight excluding hydrogens is 409 g/mol. The molecule has 0 aliphatic carbocycles. The maximum absolute atomic E-state index is 12.8. The Hall–Kier alpha value is -1.83. The highest BCUT2D eigenvalue weighted by Gasteiger charge is 2.49. The van der Waals surface area contributed by atoms with Crippen molar-refractivity contribution in [1.82, 2.24) is 4.90 Å². The van der Waals surface area contributed by atoms with E-state index in [0.717, 1.165) is 12.8 Å². The fraction of sp³-hybridized carbons (Fsp3) is 0.333. The lowest BCUT2D eigenvalue weighted by atomic mass is 10.1. The van der Waals surface area contributed by atoms with Gasteiger partial charge in [-0.25, -0.2) is 4.79 Å². The Morgan fingerprint density at radius 3 is 2.78 bits per heavy atom. The molecule has 27 heavy (non-hydrogen) atoms. The summed E-state index contributed by atoms with van der Waals surface area (Å²) in [7, 11) is 0. The maximum atomic E-state index is 12.8. The summed E-state index contributed by atoms with van der Waals surface area (Å²) in [5, 5.41) is 4.71. The molecule has 0 aromatic heterocycles. The number of thioether (sulfide) groups is 1. The normalized spacial score (nSPS) is 18.9. The molecule has 0 bridgehead atoms. The van der Waals surface area contributed by atoms with Crippen molar-refractivity contribution in [3.8, 4) is 0 Å². The Morgan fingerprint density at radius 2 is 2.07 bits per heavy atom. The number of urea groups is 1. The molecule has 0 spiro atoms. The highest BCUT2D eigenvalue weighted by molar-refractivity contribution is 8.04. The van der Waals surface area contributed by atoms with E-state index >= 15 is 0 Å². The minimum Gasteiger partial charge on any atom is -0.323 e. The molecular formula is C18H18Cl2N3O3S+. The summed E-state index contributed by atoms with van der Waals surface area (Å²) in [6, 6.07) is 4.29. The lowest BCUT2D eigenvalue weighted by Crippen LogP contribution is -2.56. The van der Waals surface area contributed by atoms with Crippen molar-refractivity contribution in [3.63, 3.8) is 0 Å². The van der Waals surface area contributed by atoms with Gasteiger partial charge in [-0.05, 0) is 36.1 Å². The van der Waals surface area contributed by atoms with Gasteiger partial charge >= 0.3 is 11.9 Å². The van der Waals surface area contributed by atoms with E-state index in [0.29, 0.717) is 28.0 Å². The van der Waals surface area contributed by atoms with Crippen molar-refractivity contribution in [2.75, 3.05) is 18.4 Å². The highest BCUT2D eigenvalue weighted by atomic mass is 35.5. The number of carbonyl (C=O) groups is 3. The quantitative estimate of drug-likeness (QED) is 0.702. The number of hydrogen-bond acceptors (Lipinski definition) is 4. The molecule has 1 aromatic carbocycles. The second kappa shape index (κ2) is 8.46. The second-order valence-electron chi connectivity index (χ2n) is 6.13. The highest BCUT2D eigenvalue weighted by Crippen LogP contribution is 2.28. The number of anilines is 1. The molecule has 2 aliphatic heterocycles. The van der Waals surface area contributed by atoms with E-state index in [-0.39, 0.29) is 18.4 Å². The minimum absolute atomic E-state index is 0.189. The van der Waals surface area contributed by atoms with E-state index in [1.54, 1.807) is 23.6 Å². The molecule has 0 saturated heterocycles. The number of benzene rings is 1. The van der Waals surface area contributed by atoms with Crippen LogP contribution in [0.5, 0.6) is 0 Å². The van der Waals surface area contributed by atoms with E-state index in [2.05, 4.69) is 5.32 Å². The fourth-order valence-corrected chi connectivity index (χ4v) is 4.11. The summed E-state index contributed by atoms with van der Waals surface area (Å²) in [5.74, 6) is -0.609. The molecule has 1 aromatic rings. The number of nitrogens with zero attached hydrogens (tertiary/aromatic N) is 2. The number of carbonyl (C=O) groups excluding carboxylic acids is 3. The first-order chi connectivity index (χ1) is 12.9. The molecule has 142 valence electrons. The lowest BCUT2D eigenvalue weighted by Gasteiger charge is -2.24. The maximum Gasteiger partial charge on any atom is 0.501 e. The monoisotopic (exact) mass is 426 g/mol. The number of halogens is 2. The smallest absolute Gasteiger partial charge is 0.323 e. The van der Waals surface area contributed by atoms with Crippen molar-refractivity contribution in [2.45, 2.75) is 25.0 Å². The van der Waals surface area contributed by atoms with Crippen molar-refractivity contribution in [1.29, 1.82) is 0 Å². The Labute approximate surface area is 171 Å². The largest absolute Gasteiger partial charge is 0.501 e. The number of rotatable bonds is 6. The van der Waals surface area contributed by atoms with E-state index in [4.69, 9.17) is 23.2 Å². The number of fused-ring (bicyclic) bond motifs is 1. The van der Waals surface area contributed by atoms with Gasteiger partial charge < -0.3 is 5.32 Å². The van der Waals surface area contributed by atoms with Crippen LogP contribution >= 0.6 is 35.0 Å². The first kappa shape index (κ1) is 19.9. The average molecular weight is 427 g/mol. The van der Waals surface area contributed by atoms with Gasteiger partial charge in [0.25, 0.3) is 5.91 Å². The fourth-order valence-electron chi connectivity index (χ4n) is 2.85. The molecule has 4 amide bonds. The SMILES string of the molecule is CCCCN1C(=O)C2SC=CC2=[N+](CC(=O)Nc2ccc(Cl)c(Cl)c2)C1=O. The van der Waals surface area contributed by atoms with Gasteiger partial charge in [-0.15, -0.1) is 11.8 Å². The summed E-state index contributed by atoms with van der Waals surface area (Å²) in [5.41, 5.74) is 1.03. The first-order valence-electron chi connectivity index (χ1n) is 8.49. The first-order valence-corrected chi connectivity index (χ1v) is 10.2. The third-order valence-corrected chi connectivity index (χ3v) is 5.97. The molecule has 9 heteroatoms. The minimum atomic E-state index is -0.475. The van der Waals surface area contributed by atoms with Gasteiger partial charge in [0.1, 0.15) is 5.71 Å². The van der Waals surface area contributed by atoms with Gasteiger partial charge in [0.15, 0.2) is 11.8 Å². The number of unbranched alkanes of at least 4 members (excludes halogenated alkanes) is 1. The number of hydrogen-bond donors (Lipinski definition) is 1. The molecule has 2 aliphatic rings. The molecule has 1 unspecified atom stereocenters. The number of nitrogens with one attached hydrogen (secondary N) is 1. The Bertz CT molecular complexity index is 869. The van der Waals surface area contributed by atoms with Crippen LogP contribution < -0.4 is 5.32 Å². The van der Waals surface area contributed by atoms with Gasteiger partial charge in [0.2, 0.25) is 0 Å². The van der Waals surface area contributed by atoms with Gasteiger partial charge in [0, 0.05) is 5.69 Å². The molecule has 0 radical (unpaired) electrons. The molecule has 6 nitrogen and oxygen atoms in total. The standard InChI is InChI=1S/C18H17Cl2N3O3S/c1-2-3-7-22-17(25)16-14(6-8-27-16)23(18(22)26)10-15(24)21-11-4-5-12(19)13(20)9-11/h4-6,8-9,16H,2-3,7,10H2,1H3/p+1. The summed E-state index contributed by atoms with van der Waals surface area (Å²) < 4.78 is 1.37. The molecule has 2 heterocycles. The third kappa shape index (κ3) is 4.20. The summed E-state index contributed by atoms with van der Waals surface area (Å²) >= 11 is 13.2. The van der Waals surface area contributed by atoms with Gasteiger partial charge in [-0.1, -0.05) is 36.5 Å². The zero-order chi connectivity index (χ0) is 19.6. The van der Waals surface area contributed by atoms with Crippen LogP contribution in [0.25, 0.3) is 0 Å². The van der Waals surface area contributed by atoms with E-state index < -0.39 is 11.3 Å².